The first-order valence-electron chi connectivity index (χ1n) is 11.6. The fourth-order valence-electron chi connectivity index (χ4n) is 4.08. The minimum Gasteiger partial charge on any atom is -0.496 e. The highest BCUT2D eigenvalue weighted by molar-refractivity contribution is 6.32. The zero-order chi connectivity index (χ0) is 24.5. The van der Waals surface area contributed by atoms with E-state index in [1.54, 1.807) is 18.2 Å². The van der Waals surface area contributed by atoms with Crippen molar-refractivity contribution in [3.63, 3.8) is 0 Å². The van der Waals surface area contributed by atoms with Crippen molar-refractivity contribution in [1.29, 1.82) is 0 Å². The predicted molar refractivity (Wildman–Crippen MR) is 133 cm³/mol. The molecule has 1 aliphatic heterocycles. The molecule has 0 aromatic heterocycles. The quantitative estimate of drug-likeness (QED) is 0.257. The Morgan fingerprint density at radius 3 is 2.91 bits per heavy atom. The van der Waals surface area contributed by atoms with E-state index in [2.05, 4.69) is 22.1 Å². The van der Waals surface area contributed by atoms with Crippen LogP contribution >= 0.6 is 0 Å². The Balaban J connectivity index is 1.59. The third-order valence-corrected chi connectivity index (χ3v) is 5.96. The van der Waals surface area contributed by atoms with Crippen LogP contribution in [0.15, 0.2) is 41.4 Å². The number of guanidine groups is 1. The molecule has 180 valence electrons. The van der Waals surface area contributed by atoms with E-state index < -0.39 is 11.7 Å². The lowest BCUT2D eigenvalue weighted by Crippen LogP contribution is -2.39. The summed E-state index contributed by atoms with van der Waals surface area (Å²) in [5.41, 5.74) is 7.07. The van der Waals surface area contributed by atoms with Gasteiger partial charge in [-0.25, -0.2) is 4.39 Å². The number of aliphatic imine (C=N–C) groups is 1. The minimum absolute atomic E-state index is 0.00981. The van der Waals surface area contributed by atoms with Crippen LogP contribution in [0.25, 0.3) is 0 Å². The van der Waals surface area contributed by atoms with Gasteiger partial charge in [0.05, 0.1) is 12.7 Å². The molecule has 0 saturated carbocycles. The number of hydrogen-bond donors (Lipinski definition) is 2. The first-order valence-corrected chi connectivity index (χ1v) is 11.6. The zero-order valence-corrected chi connectivity index (χ0v) is 19.9. The van der Waals surface area contributed by atoms with E-state index in [0.29, 0.717) is 29.4 Å². The molecule has 34 heavy (non-hydrogen) atoms. The van der Waals surface area contributed by atoms with Crippen LogP contribution in [-0.4, -0.2) is 57.4 Å². The van der Waals surface area contributed by atoms with Crippen molar-refractivity contribution < 1.29 is 18.7 Å². The van der Waals surface area contributed by atoms with Crippen molar-refractivity contribution in [2.75, 3.05) is 26.7 Å². The summed E-state index contributed by atoms with van der Waals surface area (Å²) in [4.78, 5) is 19.5. The molecule has 1 saturated heterocycles. The third kappa shape index (κ3) is 6.97. The molecule has 0 aliphatic carbocycles. The van der Waals surface area contributed by atoms with E-state index in [0.717, 1.165) is 19.5 Å². The Bertz CT molecular complexity index is 1020. The number of nitrogens with one attached hydrogen (secondary N) is 1. The molecule has 2 aromatic carbocycles. The number of carbonyl (C=O) groups excluding carboxylic acids is 1. The van der Waals surface area contributed by atoms with Crippen LogP contribution in [0, 0.1) is 5.82 Å². The van der Waals surface area contributed by atoms with Crippen molar-refractivity contribution in [2.45, 2.75) is 45.3 Å². The van der Waals surface area contributed by atoms with Gasteiger partial charge in [0.15, 0.2) is 17.5 Å². The van der Waals surface area contributed by atoms with Crippen LogP contribution in [0.3, 0.4) is 0 Å². The van der Waals surface area contributed by atoms with Gasteiger partial charge < -0.3 is 20.1 Å². The van der Waals surface area contributed by atoms with E-state index in [1.807, 2.05) is 0 Å². The van der Waals surface area contributed by atoms with Gasteiger partial charge in [-0.05, 0) is 50.9 Å². The number of likely N-dealkylation sites (tertiary alicyclic amines) is 1. The zero-order valence-electron chi connectivity index (χ0n) is 19.9. The Morgan fingerprint density at radius 1 is 1.32 bits per heavy atom. The maximum atomic E-state index is 14.5. The number of nitrogens with two attached hydrogens (primary N) is 1. The molecule has 0 bridgehead atoms. The normalized spacial score (nSPS) is 16.8. The van der Waals surface area contributed by atoms with Crippen LogP contribution < -0.4 is 26.0 Å². The van der Waals surface area contributed by atoms with Gasteiger partial charge in [-0.1, -0.05) is 30.1 Å². The highest BCUT2D eigenvalue weighted by Gasteiger charge is 2.19. The summed E-state index contributed by atoms with van der Waals surface area (Å²) < 4.78 is 25.5. The Morgan fingerprint density at radius 2 is 2.15 bits per heavy atom. The highest BCUT2D eigenvalue weighted by atomic mass is 19.1. The molecule has 1 atom stereocenters. The van der Waals surface area contributed by atoms with Crippen molar-refractivity contribution in [3.05, 3.63) is 53.3 Å². The number of para-hydroxylation sites is 1. The van der Waals surface area contributed by atoms with Gasteiger partial charge in [0.2, 0.25) is 0 Å². The highest BCUT2D eigenvalue weighted by Crippen LogP contribution is 2.25. The monoisotopic (exact) mass is 466 g/mol. The largest absolute Gasteiger partial charge is 0.496 e. The SMILES string of the molecule is [B]c1ccc(OC)c(COc2c(F)cccc2C(=O)NC(N)=NCCCN2CCCCC2C)c1. The summed E-state index contributed by atoms with van der Waals surface area (Å²) in [5.74, 6) is -0.908. The number of carbonyl (C=O) groups is 1. The molecule has 1 aliphatic rings. The summed E-state index contributed by atoms with van der Waals surface area (Å²) in [6, 6.07) is 9.79. The lowest BCUT2D eigenvalue weighted by Gasteiger charge is -2.33. The second-order valence-electron chi connectivity index (χ2n) is 8.43. The molecule has 9 heteroatoms. The van der Waals surface area contributed by atoms with Crippen molar-refractivity contribution in [1.82, 2.24) is 10.2 Å². The van der Waals surface area contributed by atoms with Crippen LogP contribution in [0.4, 0.5) is 4.39 Å². The number of methoxy groups -OCH3 is 1. The Hall–Kier alpha value is -3.07. The molecule has 1 amide bonds. The topological polar surface area (TPSA) is 89.2 Å². The molecule has 2 radical (unpaired) electrons. The summed E-state index contributed by atoms with van der Waals surface area (Å²) in [6.45, 7) is 4.77. The summed E-state index contributed by atoms with van der Waals surface area (Å²) in [7, 11) is 7.35. The van der Waals surface area contributed by atoms with E-state index in [4.69, 9.17) is 23.1 Å². The van der Waals surface area contributed by atoms with Crippen LogP contribution in [0.5, 0.6) is 11.5 Å². The molecule has 1 fully saturated rings. The second-order valence-corrected chi connectivity index (χ2v) is 8.43. The van der Waals surface area contributed by atoms with Gasteiger partial charge in [0.25, 0.3) is 5.91 Å². The lowest BCUT2D eigenvalue weighted by molar-refractivity contribution is 0.0971. The maximum Gasteiger partial charge on any atom is 0.261 e. The third-order valence-electron chi connectivity index (χ3n) is 5.96. The Labute approximate surface area is 201 Å². The molecule has 7 nitrogen and oxygen atoms in total. The van der Waals surface area contributed by atoms with Gasteiger partial charge in [-0.15, -0.1) is 0 Å². The molecular weight excluding hydrogens is 434 g/mol. The number of benzene rings is 2. The number of ether oxygens (including phenoxy) is 2. The van der Waals surface area contributed by atoms with Gasteiger partial charge in [0, 0.05) is 24.7 Å². The van der Waals surface area contributed by atoms with Crippen molar-refractivity contribution in [2.24, 2.45) is 10.7 Å². The minimum atomic E-state index is -0.665. The lowest BCUT2D eigenvalue weighted by atomic mass is 9.94. The van der Waals surface area contributed by atoms with E-state index in [-0.39, 0.29) is 23.9 Å². The van der Waals surface area contributed by atoms with E-state index in [1.165, 1.54) is 44.6 Å². The number of hydrogen-bond acceptors (Lipinski definition) is 5. The number of halogens is 1. The number of piperidine rings is 1. The standard InChI is InChI=1S/C25H32BFN4O3/c1-17-7-3-4-13-31(17)14-6-12-29-25(28)30-24(32)20-8-5-9-21(27)23(20)34-16-18-15-19(26)10-11-22(18)33-2/h5,8-11,15,17H,3-4,6-7,12-14,16H2,1-2H3,(H3,28,29,30,32). The summed E-state index contributed by atoms with van der Waals surface area (Å²) >= 11 is 0. The van der Waals surface area contributed by atoms with Gasteiger partial charge in [-0.3, -0.25) is 15.1 Å². The van der Waals surface area contributed by atoms with Crippen LogP contribution in [0.1, 0.15) is 48.5 Å². The number of amides is 1. The average molecular weight is 466 g/mol. The number of nitrogens with zero attached hydrogens (tertiary/aromatic N) is 2. The van der Waals surface area contributed by atoms with Crippen LogP contribution in [-0.2, 0) is 6.61 Å². The first kappa shape index (κ1) is 25.6. The van der Waals surface area contributed by atoms with Crippen molar-refractivity contribution in [3.8, 4) is 11.5 Å². The number of rotatable bonds is 9. The Kier molecular flexibility index (Phi) is 9.33. The van der Waals surface area contributed by atoms with E-state index >= 15 is 0 Å². The summed E-state index contributed by atoms with van der Waals surface area (Å²) in [5, 5.41) is 2.52. The van der Waals surface area contributed by atoms with E-state index in [9.17, 15) is 9.18 Å². The smallest absolute Gasteiger partial charge is 0.261 e. The maximum absolute atomic E-state index is 14.5. The molecule has 3 N–H and O–H groups in total. The average Bonchev–Trinajstić information content (AvgIpc) is 2.82. The van der Waals surface area contributed by atoms with Gasteiger partial charge in [0.1, 0.15) is 20.2 Å². The van der Waals surface area contributed by atoms with Gasteiger partial charge >= 0.3 is 0 Å². The second kappa shape index (κ2) is 12.4. The molecule has 2 aromatic rings. The van der Waals surface area contributed by atoms with Gasteiger partial charge in [-0.2, -0.15) is 0 Å². The molecule has 1 heterocycles. The first-order chi connectivity index (χ1) is 16.4. The fraction of sp³-hybridized carbons (Fsp3) is 0.440. The summed E-state index contributed by atoms with van der Waals surface area (Å²) in [6.07, 6.45) is 4.59. The molecule has 3 rings (SSSR count). The predicted octanol–water partition coefficient (Wildman–Crippen LogP) is 2.52. The molecular formula is C25H32BFN4O3. The van der Waals surface area contributed by atoms with Crippen LogP contribution in [0.2, 0.25) is 0 Å². The molecule has 1 unspecified atom stereocenters. The van der Waals surface area contributed by atoms with Crippen molar-refractivity contribution >= 4 is 25.2 Å². The fourth-order valence-corrected chi connectivity index (χ4v) is 4.08. The molecule has 0 spiro atoms.